The van der Waals surface area contributed by atoms with E-state index in [1.165, 1.54) is 0 Å². The van der Waals surface area contributed by atoms with Gasteiger partial charge in [-0.15, -0.1) is 0 Å². The van der Waals surface area contributed by atoms with Crippen molar-refractivity contribution >= 4 is 17.7 Å². The highest BCUT2D eigenvalue weighted by Crippen LogP contribution is 2.07. The van der Waals surface area contributed by atoms with Gasteiger partial charge >= 0.3 is 0 Å². The highest BCUT2D eigenvalue weighted by Gasteiger charge is 2.08. The van der Waals surface area contributed by atoms with Gasteiger partial charge in [0.25, 0.3) is 0 Å². The van der Waals surface area contributed by atoms with Crippen LogP contribution >= 0.6 is 11.8 Å². The lowest BCUT2D eigenvalue weighted by Crippen LogP contribution is -2.29. The van der Waals surface area contributed by atoms with Gasteiger partial charge in [-0.1, -0.05) is 6.92 Å². The fourth-order valence-corrected chi connectivity index (χ4v) is 1.92. The van der Waals surface area contributed by atoms with Crippen LogP contribution in [0.4, 0.5) is 0 Å². The molecule has 1 atom stereocenters. The van der Waals surface area contributed by atoms with Gasteiger partial charge in [0.1, 0.15) is 0 Å². The summed E-state index contributed by atoms with van der Waals surface area (Å²) < 4.78 is 0. The van der Waals surface area contributed by atoms with Gasteiger partial charge in [0.2, 0.25) is 5.91 Å². The lowest BCUT2D eigenvalue weighted by Gasteiger charge is -2.15. The number of hydrogen-bond acceptors (Lipinski definition) is 4. The zero-order chi connectivity index (χ0) is 11.7. The van der Waals surface area contributed by atoms with E-state index in [4.69, 9.17) is 11.0 Å². The Morgan fingerprint density at radius 1 is 1.67 bits per heavy atom. The molecule has 0 heterocycles. The van der Waals surface area contributed by atoms with Crippen LogP contribution in [0.1, 0.15) is 13.3 Å². The van der Waals surface area contributed by atoms with Gasteiger partial charge in [0.05, 0.1) is 18.2 Å². The number of nitrogens with two attached hydrogens (primary N) is 1. The van der Waals surface area contributed by atoms with Crippen molar-refractivity contribution in [1.29, 1.82) is 5.26 Å². The van der Waals surface area contributed by atoms with E-state index in [1.807, 2.05) is 6.07 Å². The van der Waals surface area contributed by atoms with Crippen LogP contribution in [-0.4, -0.2) is 42.4 Å². The topological polar surface area (TPSA) is 70.1 Å². The third kappa shape index (κ3) is 7.23. The molecule has 0 saturated carbocycles. The van der Waals surface area contributed by atoms with Gasteiger partial charge in [0, 0.05) is 13.6 Å². The summed E-state index contributed by atoms with van der Waals surface area (Å²) in [6.07, 6.45) is 0.395. The number of carbonyl (C=O) groups is 1. The van der Waals surface area contributed by atoms with Crippen LogP contribution in [0.5, 0.6) is 0 Å². The van der Waals surface area contributed by atoms with E-state index in [-0.39, 0.29) is 5.91 Å². The second kappa shape index (κ2) is 8.57. The number of amides is 1. The molecule has 1 amide bonds. The molecule has 4 nitrogen and oxygen atoms in total. The predicted molar refractivity (Wildman–Crippen MR) is 63.4 cm³/mol. The average Bonchev–Trinajstić information content (AvgIpc) is 2.25. The summed E-state index contributed by atoms with van der Waals surface area (Å²) in [5.74, 6) is 1.92. The summed E-state index contributed by atoms with van der Waals surface area (Å²) in [5, 5.41) is 8.37. The Balaban J connectivity index is 3.60. The van der Waals surface area contributed by atoms with Crippen molar-refractivity contribution in [1.82, 2.24) is 4.90 Å². The predicted octanol–water partition coefficient (Wildman–Crippen LogP) is 0.686. The van der Waals surface area contributed by atoms with Crippen LogP contribution in [0.25, 0.3) is 0 Å². The minimum Gasteiger partial charge on any atom is -0.344 e. The van der Waals surface area contributed by atoms with E-state index in [0.29, 0.717) is 31.2 Å². The number of rotatable bonds is 7. The van der Waals surface area contributed by atoms with Crippen molar-refractivity contribution in [2.24, 2.45) is 11.7 Å². The SMILES string of the molecule is CC(CN)CSCC(=O)N(C)CCC#N. The number of hydrogen-bond donors (Lipinski definition) is 1. The van der Waals surface area contributed by atoms with E-state index in [9.17, 15) is 4.79 Å². The smallest absolute Gasteiger partial charge is 0.232 e. The van der Waals surface area contributed by atoms with Crippen molar-refractivity contribution in [2.75, 3.05) is 31.6 Å². The summed E-state index contributed by atoms with van der Waals surface area (Å²) in [7, 11) is 1.73. The first-order valence-corrected chi connectivity index (χ1v) is 6.16. The summed E-state index contributed by atoms with van der Waals surface area (Å²) >= 11 is 1.60. The lowest BCUT2D eigenvalue weighted by molar-refractivity contribution is -0.127. The Morgan fingerprint density at radius 3 is 2.87 bits per heavy atom. The van der Waals surface area contributed by atoms with Crippen LogP contribution in [0.2, 0.25) is 0 Å². The lowest BCUT2D eigenvalue weighted by atomic mass is 10.2. The average molecular weight is 229 g/mol. The molecule has 0 rings (SSSR count). The van der Waals surface area contributed by atoms with Crippen LogP contribution in [-0.2, 0) is 4.79 Å². The van der Waals surface area contributed by atoms with Crippen molar-refractivity contribution in [3.05, 3.63) is 0 Å². The molecule has 0 saturated heterocycles. The molecule has 0 fully saturated rings. The second-order valence-electron chi connectivity index (χ2n) is 3.58. The maximum Gasteiger partial charge on any atom is 0.232 e. The highest BCUT2D eigenvalue weighted by molar-refractivity contribution is 7.99. The normalized spacial score (nSPS) is 11.9. The molecule has 5 heteroatoms. The molecule has 86 valence electrons. The van der Waals surface area contributed by atoms with Crippen molar-refractivity contribution in [2.45, 2.75) is 13.3 Å². The van der Waals surface area contributed by atoms with Crippen molar-refractivity contribution in [3.63, 3.8) is 0 Å². The maximum atomic E-state index is 11.5. The minimum absolute atomic E-state index is 0.0828. The van der Waals surface area contributed by atoms with Crippen molar-refractivity contribution < 1.29 is 4.79 Å². The third-order valence-electron chi connectivity index (χ3n) is 2.02. The summed E-state index contributed by atoms with van der Waals surface area (Å²) in [5.41, 5.74) is 5.47. The molecule has 0 aromatic carbocycles. The van der Waals surface area contributed by atoms with Gasteiger partial charge in [-0.25, -0.2) is 0 Å². The summed E-state index contributed by atoms with van der Waals surface area (Å²) in [6, 6.07) is 2.02. The van der Waals surface area contributed by atoms with E-state index >= 15 is 0 Å². The first kappa shape index (κ1) is 14.3. The third-order valence-corrected chi connectivity index (χ3v) is 3.27. The number of carbonyl (C=O) groups excluding carboxylic acids is 1. The van der Waals surface area contributed by atoms with Gasteiger partial charge < -0.3 is 10.6 Å². The Bertz CT molecular complexity index is 227. The van der Waals surface area contributed by atoms with Crippen LogP contribution in [0, 0.1) is 17.2 Å². The Morgan fingerprint density at radius 2 is 2.33 bits per heavy atom. The maximum absolute atomic E-state index is 11.5. The molecular formula is C10H19N3OS. The summed E-state index contributed by atoms with van der Waals surface area (Å²) in [4.78, 5) is 13.1. The fraction of sp³-hybridized carbons (Fsp3) is 0.800. The zero-order valence-electron chi connectivity index (χ0n) is 9.40. The van der Waals surface area contributed by atoms with Crippen molar-refractivity contribution in [3.8, 4) is 6.07 Å². The van der Waals surface area contributed by atoms with E-state index in [1.54, 1.807) is 23.7 Å². The molecule has 0 aliphatic heterocycles. The van der Waals surface area contributed by atoms with Crippen LogP contribution < -0.4 is 5.73 Å². The van der Waals surface area contributed by atoms with Crippen LogP contribution in [0.3, 0.4) is 0 Å². The molecule has 0 aliphatic rings. The molecule has 0 aromatic heterocycles. The molecule has 0 spiro atoms. The second-order valence-corrected chi connectivity index (χ2v) is 4.61. The first-order valence-electron chi connectivity index (χ1n) is 5.00. The molecule has 0 radical (unpaired) electrons. The number of nitrogens with zero attached hydrogens (tertiary/aromatic N) is 2. The molecule has 0 bridgehead atoms. The quantitative estimate of drug-likeness (QED) is 0.697. The van der Waals surface area contributed by atoms with Gasteiger partial charge in [-0.05, 0) is 18.2 Å². The Hall–Kier alpha value is -0.730. The fourth-order valence-electron chi connectivity index (χ4n) is 0.868. The highest BCUT2D eigenvalue weighted by atomic mass is 32.2. The standard InChI is InChI=1S/C10H19N3OS/c1-9(6-12)7-15-8-10(14)13(2)5-3-4-11/h9H,3,5-8,12H2,1-2H3. The first-order chi connectivity index (χ1) is 7.11. The number of nitriles is 1. The Kier molecular flexibility index (Phi) is 8.15. The van der Waals surface area contributed by atoms with Gasteiger partial charge in [-0.3, -0.25) is 4.79 Å². The monoisotopic (exact) mass is 229 g/mol. The Labute approximate surface area is 95.8 Å². The van der Waals surface area contributed by atoms with Gasteiger partial charge in [0.15, 0.2) is 0 Å². The zero-order valence-corrected chi connectivity index (χ0v) is 10.2. The van der Waals surface area contributed by atoms with Crippen LogP contribution in [0.15, 0.2) is 0 Å². The minimum atomic E-state index is 0.0828. The largest absolute Gasteiger partial charge is 0.344 e. The molecule has 1 unspecified atom stereocenters. The number of thioether (sulfide) groups is 1. The molecular weight excluding hydrogens is 210 g/mol. The summed E-state index contributed by atoms with van der Waals surface area (Å²) in [6.45, 7) is 3.24. The molecule has 0 aromatic rings. The molecule has 0 aliphatic carbocycles. The van der Waals surface area contributed by atoms with E-state index < -0.39 is 0 Å². The van der Waals surface area contributed by atoms with Gasteiger partial charge in [-0.2, -0.15) is 17.0 Å². The van der Waals surface area contributed by atoms with E-state index in [2.05, 4.69) is 6.92 Å². The molecule has 2 N–H and O–H groups in total. The molecule has 15 heavy (non-hydrogen) atoms. The van der Waals surface area contributed by atoms with E-state index in [0.717, 1.165) is 5.75 Å².